The van der Waals surface area contributed by atoms with Gasteiger partial charge in [-0.25, -0.2) is 4.98 Å². The van der Waals surface area contributed by atoms with Crippen LogP contribution in [0, 0.1) is 0 Å². The number of aromatic nitrogens is 3. The molecule has 0 atom stereocenters. The van der Waals surface area contributed by atoms with E-state index in [1.54, 1.807) is 18.3 Å². The molecule has 5 rings (SSSR count). The van der Waals surface area contributed by atoms with Crippen LogP contribution in [0.1, 0.15) is 11.3 Å². The number of hydrogen-bond donors (Lipinski definition) is 0. The molecular weight excluding hydrogens is 417 g/mol. The highest BCUT2D eigenvalue weighted by Gasteiger charge is 2.30. The van der Waals surface area contributed by atoms with Gasteiger partial charge in [-0.2, -0.15) is 13.2 Å². The molecule has 0 bridgehead atoms. The average Bonchev–Trinajstić information content (AvgIpc) is 3.21. The molecule has 1 saturated heterocycles. The maximum absolute atomic E-state index is 13.2. The largest absolute Gasteiger partial charge is 0.416 e. The first-order valence-electron chi connectivity index (χ1n) is 10.4. The molecule has 0 radical (unpaired) electrons. The maximum Gasteiger partial charge on any atom is 0.416 e. The Bertz CT molecular complexity index is 1250. The third-order valence-corrected chi connectivity index (χ3v) is 5.65. The Labute approximate surface area is 183 Å². The van der Waals surface area contributed by atoms with Crippen molar-refractivity contribution in [1.82, 2.24) is 19.3 Å². The number of hydrogen-bond acceptors (Lipinski definition) is 4. The molecule has 0 amide bonds. The highest BCUT2D eigenvalue weighted by atomic mass is 19.4. The summed E-state index contributed by atoms with van der Waals surface area (Å²) in [6.45, 7) is 3.93. The molecule has 3 aromatic heterocycles. The Morgan fingerprint density at radius 2 is 1.78 bits per heavy atom. The third-order valence-electron chi connectivity index (χ3n) is 5.65. The van der Waals surface area contributed by atoms with Gasteiger partial charge < -0.3 is 9.14 Å². The molecule has 0 N–H and O–H groups in total. The zero-order valence-corrected chi connectivity index (χ0v) is 17.2. The van der Waals surface area contributed by atoms with E-state index in [0.29, 0.717) is 11.3 Å². The van der Waals surface area contributed by atoms with Crippen LogP contribution in [-0.2, 0) is 17.5 Å². The fourth-order valence-corrected chi connectivity index (χ4v) is 4.01. The first-order chi connectivity index (χ1) is 15.5. The normalized spacial score (nSPS) is 15.3. The molecule has 0 saturated carbocycles. The second-order valence-electron chi connectivity index (χ2n) is 7.76. The highest BCUT2D eigenvalue weighted by Crippen LogP contribution is 2.35. The van der Waals surface area contributed by atoms with Gasteiger partial charge in [0.15, 0.2) is 0 Å². The zero-order chi connectivity index (χ0) is 22.1. The summed E-state index contributed by atoms with van der Waals surface area (Å²) in [5.41, 5.74) is 3.74. The minimum Gasteiger partial charge on any atom is -0.379 e. The van der Waals surface area contributed by atoms with Gasteiger partial charge in [0.25, 0.3) is 0 Å². The standard InChI is InChI=1S/C24H21F3N4O/c25-24(26,27)19-4-1-3-17(13-19)23-21(5-2-8-28-23)18-6-7-22-29-14-20(31(22)15-18)16-30-9-11-32-12-10-30/h1-8,13-15H,9-12,16H2. The summed E-state index contributed by atoms with van der Waals surface area (Å²) >= 11 is 0. The first-order valence-corrected chi connectivity index (χ1v) is 10.4. The molecule has 8 heteroatoms. The van der Waals surface area contributed by atoms with Gasteiger partial charge in [0.05, 0.1) is 36.4 Å². The van der Waals surface area contributed by atoms with Crippen molar-refractivity contribution < 1.29 is 17.9 Å². The number of rotatable bonds is 4. The predicted molar refractivity (Wildman–Crippen MR) is 115 cm³/mol. The first kappa shape index (κ1) is 20.7. The molecule has 0 spiro atoms. The number of morpholine rings is 1. The highest BCUT2D eigenvalue weighted by molar-refractivity contribution is 5.81. The summed E-state index contributed by atoms with van der Waals surface area (Å²) in [6, 6.07) is 12.8. The molecule has 1 aliphatic rings. The number of nitrogens with zero attached hydrogens (tertiary/aromatic N) is 4. The molecule has 1 fully saturated rings. The van der Waals surface area contributed by atoms with Crippen molar-refractivity contribution in [2.75, 3.05) is 26.3 Å². The molecule has 0 unspecified atom stereocenters. The van der Waals surface area contributed by atoms with Crippen molar-refractivity contribution in [3.05, 3.63) is 78.4 Å². The summed E-state index contributed by atoms with van der Waals surface area (Å²) in [6.07, 6.45) is 1.03. The van der Waals surface area contributed by atoms with E-state index >= 15 is 0 Å². The lowest BCUT2D eigenvalue weighted by Gasteiger charge is -2.26. The molecule has 0 aliphatic carbocycles. The van der Waals surface area contributed by atoms with Gasteiger partial charge in [-0.1, -0.05) is 18.2 Å². The van der Waals surface area contributed by atoms with Crippen molar-refractivity contribution in [1.29, 1.82) is 0 Å². The van der Waals surface area contributed by atoms with Crippen LogP contribution in [0.2, 0.25) is 0 Å². The van der Waals surface area contributed by atoms with Gasteiger partial charge in [-0.05, 0) is 30.3 Å². The van der Waals surface area contributed by atoms with Gasteiger partial charge in [-0.15, -0.1) is 0 Å². The minimum atomic E-state index is -4.41. The number of halogens is 3. The molecule has 164 valence electrons. The van der Waals surface area contributed by atoms with Crippen molar-refractivity contribution in [2.24, 2.45) is 0 Å². The second-order valence-corrected chi connectivity index (χ2v) is 7.76. The fourth-order valence-electron chi connectivity index (χ4n) is 4.01. The molecule has 1 aromatic carbocycles. The van der Waals surface area contributed by atoms with Crippen molar-refractivity contribution >= 4 is 5.65 Å². The van der Waals surface area contributed by atoms with E-state index in [2.05, 4.69) is 14.9 Å². The molecule has 4 heterocycles. The third kappa shape index (κ3) is 4.11. The van der Waals surface area contributed by atoms with Crippen LogP contribution in [-0.4, -0.2) is 45.6 Å². The van der Waals surface area contributed by atoms with Crippen LogP contribution < -0.4 is 0 Å². The predicted octanol–water partition coefficient (Wildman–Crippen LogP) is 4.91. The van der Waals surface area contributed by atoms with E-state index in [1.165, 1.54) is 6.07 Å². The van der Waals surface area contributed by atoms with Gasteiger partial charge in [0.2, 0.25) is 0 Å². The van der Waals surface area contributed by atoms with Crippen LogP contribution in [0.4, 0.5) is 13.2 Å². The lowest BCUT2D eigenvalue weighted by molar-refractivity contribution is -0.137. The summed E-state index contributed by atoms with van der Waals surface area (Å²) in [7, 11) is 0. The number of imidazole rings is 1. The minimum absolute atomic E-state index is 0.426. The molecule has 1 aliphatic heterocycles. The number of alkyl halides is 3. The molecule has 32 heavy (non-hydrogen) atoms. The molecule has 5 nitrogen and oxygen atoms in total. The Morgan fingerprint density at radius 1 is 0.938 bits per heavy atom. The summed E-state index contributed by atoms with van der Waals surface area (Å²) < 4.78 is 47.2. The summed E-state index contributed by atoms with van der Waals surface area (Å²) in [5.74, 6) is 0. The Balaban J connectivity index is 1.54. The van der Waals surface area contributed by atoms with Crippen LogP contribution in [0.15, 0.2) is 67.1 Å². The maximum atomic E-state index is 13.2. The SMILES string of the molecule is FC(F)(F)c1cccc(-c2ncccc2-c2ccc3ncc(CN4CCOCC4)n3c2)c1. The number of benzene rings is 1. The summed E-state index contributed by atoms with van der Waals surface area (Å²) in [4.78, 5) is 11.2. The van der Waals surface area contributed by atoms with Crippen molar-refractivity contribution in [3.63, 3.8) is 0 Å². The van der Waals surface area contributed by atoms with Gasteiger partial charge >= 0.3 is 6.18 Å². The van der Waals surface area contributed by atoms with Crippen LogP contribution >= 0.6 is 0 Å². The van der Waals surface area contributed by atoms with Crippen LogP contribution in [0.5, 0.6) is 0 Å². The quantitative estimate of drug-likeness (QED) is 0.454. The average molecular weight is 438 g/mol. The van der Waals surface area contributed by atoms with E-state index in [-0.39, 0.29) is 0 Å². The van der Waals surface area contributed by atoms with Crippen molar-refractivity contribution in [3.8, 4) is 22.4 Å². The number of pyridine rings is 2. The smallest absolute Gasteiger partial charge is 0.379 e. The zero-order valence-electron chi connectivity index (χ0n) is 17.2. The van der Waals surface area contributed by atoms with E-state index in [0.717, 1.165) is 67.4 Å². The van der Waals surface area contributed by atoms with Gasteiger partial charge in [0.1, 0.15) is 5.65 Å². The monoisotopic (exact) mass is 438 g/mol. The lowest BCUT2D eigenvalue weighted by Crippen LogP contribution is -2.35. The summed E-state index contributed by atoms with van der Waals surface area (Å²) in [5, 5.41) is 0. The molecule has 4 aromatic rings. The Kier molecular flexibility index (Phi) is 5.40. The van der Waals surface area contributed by atoms with Gasteiger partial charge in [0, 0.05) is 48.7 Å². The van der Waals surface area contributed by atoms with Crippen LogP contribution in [0.3, 0.4) is 0 Å². The van der Waals surface area contributed by atoms with Gasteiger partial charge in [-0.3, -0.25) is 9.88 Å². The topological polar surface area (TPSA) is 42.7 Å². The van der Waals surface area contributed by atoms with E-state index < -0.39 is 11.7 Å². The molecular formula is C24H21F3N4O. The Hall–Kier alpha value is -3.23. The van der Waals surface area contributed by atoms with Crippen LogP contribution in [0.25, 0.3) is 28.0 Å². The van der Waals surface area contributed by atoms with E-state index in [4.69, 9.17) is 4.74 Å². The number of fused-ring (bicyclic) bond motifs is 1. The van der Waals surface area contributed by atoms with E-state index in [1.807, 2.05) is 35.0 Å². The van der Waals surface area contributed by atoms with Crippen molar-refractivity contribution in [2.45, 2.75) is 12.7 Å². The fraction of sp³-hybridized carbons (Fsp3) is 0.250. The Morgan fingerprint density at radius 3 is 2.59 bits per heavy atom. The lowest BCUT2D eigenvalue weighted by atomic mass is 9.99. The van der Waals surface area contributed by atoms with E-state index in [9.17, 15) is 13.2 Å². The second kappa shape index (κ2) is 8.37. The number of ether oxygens (including phenoxy) is 1.